The van der Waals surface area contributed by atoms with E-state index in [0.29, 0.717) is 50.4 Å². The Bertz CT molecular complexity index is 1620. The van der Waals surface area contributed by atoms with Crippen molar-refractivity contribution in [1.82, 2.24) is 29.7 Å². The summed E-state index contributed by atoms with van der Waals surface area (Å²) in [5.74, 6) is -0.389. The lowest BCUT2D eigenvalue weighted by atomic mass is 9.92. The summed E-state index contributed by atoms with van der Waals surface area (Å²) in [7, 11) is 1.93. The second-order valence-electron chi connectivity index (χ2n) is 13.7. The Labute approximate surface area is 269 Å². The number of hydrogen-bond acceptors (Lipinski definition) is 7. The Kier molecular flexibility index (Phi) is 8.98. The summed E-state index contributed by atoms with van der Waals surface area (Å²) in [5, 5.41) is 2.40. The number of benzene rings is 1. The fourth-order valence-corrected chi connectivity index (χ4v) is 8.39. The van der Waals surface area contributed by atoms with E-state index in [-0.39, 0.29) is 54.0 Å². The predicted octanol–water partition coefficient (Wildman–Crippen LogP) is 4.54. The first kappa shape index (κ1) is 31.6. The lowest BCUT2D eigenvalue weighted by molar-refractivity contribution is -0.136. The summed E-state index contributed by atoms with van der Waals surface area (Å²) in [5.41, 5.74) is 2.53. The molecule has 0 spiro atoms. The van der Waals surface area contributed by atoms with Crippen LogP contribution in [0.25, 0.3) is 11.2 Å². The maximum Gasteiger partial charge on any atom is 0.327 e. The minimum atomic E-state index is -0.540. The number of pyridine rings is 1. The molecule has 3 fully saturated rings. The number of likely N-dealkylation sites (N-methyl/N-ethyl adjacent to an activating group) is 1. The highest BCUT2D eigenvalue weighted by Crippen LogP contribution is 2.48. The van der Waals surface area contributed by atoms with Gasteiger partial charge in [-0.3, -0.25) is 19.1 Å². The molecule has 45 heavy (non-hydrogen) atoms. The van der Waals surface area contributed by atoms with Crippen molar-refractivity contribution in [2.24, 2.45) is 5.41 Å². The molecule has 5 heterocycles. The number of aromatic nitrogens is 3. The van der Waals surface area contributed by atoms with Crippen LogP contribution in [0.2, 0.25) is 0 Å². The molecule has 0 radical (unpaired) electrons. The van der Waals surface area contributed by atoms with E-state index >= 15 is 4.39 Å². The van der Waals surface area contributed by atoms with E-state index < -0.39 is 5.25 Å². The topological polar surface area (TPSA) is 107 Å². The van der Waals surface area contributed by atoms with Gasteiger partial charge in [0.25, 0.3) is 0 Å². The number of halogens is 1. The van der Waals surface area contributed by atoms with E-state index in [1.54, 1.807) is 16.8 Å². The monoisotopic (exact) mass is 639 g/mol. The molecule has 244 valence electrons. The van der Waals surface area contributed by atoms with Crippen LogP contribution in [0, 0.1) is 11.2 Å². The van der Waals surface area contributed by atoms with Gasteiger partial charge in [-0.05, 0) is 56.3 Å². The molecule has 2 amide bonds. The van der Waals surface area contributed by atoms with Crippen LogP contribution < -0.4 is 15.9 Å². The van der Waals surface area contributed by atoms with Crippen molar-refractivity contribution >= 4 is 40.4 Å². The number of nitrogens with one attached hydrogen (secondary N) is 2. The summed E-state index contributed by atoms with van der Waals surface area (Å²) < 4.78 is 17.3. The van der Waals surface area contributed by atoms with Gasteiger partial charge in [-0.2, -0.15) is 0 Å². The second kappa shape index (κ2) is 12.8. The number of aromatic amines is 1. The summed E-state index contributed by atoms with van der Waals surface area (Å²) in [4.78, 5) is 53.2. The molecule has 2 N–H and O–H groups in total. The smallest absolute Gasteiger partial charge is 0.327 e. The zero-order valence-electron chi connectivity index (χ0n) is 26.6. The van der Waals surface area contributed by atoms with Gasteiger partial charge in [0.1, 0.15) is 11.2 Å². The fourth-order valence-electron chi connectivity index (χ4n) is 6.89. The molecule has 3 aliphatic heterocycles. The van der Waals surface area contributed by atoms with Crippen molar-refractivity contribution in [2.45, 2.75) is 75.6 Å². The van der Waals surface area contributed by atoms with Gasteiger partial charge in [-0.25, -0.2) is 14.2 Å². The van der Waals surface area contributed by atoms with Crippen LogP contribution in [0.5, 0.6) is 0 Å². The Balaban J connectivity index is 0.00000417. The van der Waals surface area contributed by atoms with Gasteiger partial charge in [0.15, 0.2) is 5.65 Å². The first-order valence-corrected chi connectivity index (χ1v) is 17.0. The molecule has 3 atom stereocenters. The van der Waals surface area contributed by atoms with Gasteiger partial charge >= 0.3 is 5.69 Å². The van der Waals surface area contributed by atoms with E-state index in [2.05, 4.69) is 41.0 Å². The summed E-state index contributed by atoms with van der Waals surface area (Å²) >= 11 is 1.48. The molecule has 10 nitrogen and oxygen atoms in total. The minimum absolute atomic E-state index is 0. The van der Waals surface area contributed by atoms with Crippen molar-refractivity contribution in [3.05, 3.63) is 58.4 Å². The largest absolute Gasteiger partial charge is 0.367 e. The molecular formula is C33H46FN7O3S. The maximum atomic E-state index is 15.5. The molecule has 6 rings (SSSR count). The van der Waals surface area contributed by atoms with Crippen molar-refractivity contribution < 1.29 is 15.4 Å². The number of anilines is 1. The van der Waals surface area contributed by atoms with Gasteiger partial charge in [0, 0.05) is 64.4 Å². The van der Waals surface area contributed by atoms with Crippen LogP contribution in [0.3, 0.4) is 0 Å². The molecule has 0 saturated carbocycles. The quantitative estimate of drug-likeness (QED) is 0.373. The lowest BCUT2D eigenvalue weighted by Crippen LogP contribution is -2.42. The fraction of sp³-hybridized carbons (Fsp3) is 0.576. The third-order valence-corrected chi connectivity index (χ3v) is 10.9. The van der Waals surface area contributed by atoms with E-state index in [1.807, 2.05) is 35.0 Å². The highest BCUT2D eigenvalue weighted by atomic mass is 32.2. The maximum absolute atomic E-state index is 15.5. The first-order valence-electron chi connectivity index (χ1n) is 16.0. The first-order chi connectivity index (χ1) is 21.5. The number of hydrogen-bond donors (Lipinski definition) is 2. The lowest BCUT2D eigenvalue weighted by Gasteiger charge is -2.33. The molecule has 3 aliphatic rings. The third kappa shape index (κ3) is 6.49. The van der Waals surface area contributed by atoms with Crippen molar-refractivity contribution in [2.75, 3.05) is 44.7 Å². The Morgan fingerprint density at radius 1 is 1.13 bits per heavy atom. The zero-order valence-corrected chi connectivity index (χ0v) is 27.4. The minimum Gasteiger partial charge on any atom is -0.367 e. The van der Waals surface area contributed by atoms with E-state index in [9.17, 15) is 14.4 Å². The van der Waals surface area contributed by atoms with Crippen molar-refractivity contribution in [1.29, 1.82) is 0 Å². The molecule has 3 saturated heterocycles. The number of nitrogens with zero attached hydrogens (tertiary/aromatic N) is 5. The predicted molar refractivity (Wildman–Crippen MR) is 178 cm³/mol. The highest BCUT2D eigenvalue weighted by Gasteiger charge is 2.44. The Hall–Kier alpha value is -3.38. The zero-order chi connectivity index (χ0) is 31.9. The van der Waals surface area contributed by atoms with Gasteiger partial charge < -0.3 is 20.0 Å². The van der Waals surface area contributed by atoms with E-state index in [0.717, 1.165) is 30.5 Å². The Morgan fingerprint density at radius 3 is 2.62 bits per heavy atom. The summed E-state index contributed by atoms with van der Waals surface area (Å²) in [6.07, 6.45) is 4.77. The number of H-pyrrole nitrogens is 1. The molecule has 1 unspecified atom stereocenters. The molecule has 12 heteroatoms. The standard InChI is InChI=1S/C33H44FN7O3S.H2/c1-33(2,3)13-18-40-30(43)26(45-31(40)23-7-5-8-24(34)28(23)39-15-10-21(20-39)35-4)19-27(42)38-16-11-22(12-17-38)41-25-9-6-14-36-29(25)37-32(41)44;/h5-9,14,21-22,26,31,35H,10-13,15-20H2,1-4H3,(H,36,37,44);1H/t21?,26-,31+;/m0./s1. The number of carbonyl (C=O) groups is 2. The highest BCUT2D eigenvalue weighted by molar-refractivity contribution is 8.01. The van der Waals surface area contributed by atoms with Crippen LogP contribution in [0.1, 0.15) is 71.3 Å². The van der Waals surface area contributed by atoms with Crippen LogP contribution in [0.15, 0.2) is 41.3 Å². The number of fused-ring (bicyclic) bond motifs is 1. The number of likely N-dealkylation sites (tertiary alicyclic amines) is 1. The van der Waals surface area contributed by atoms with Crippen LogP contribution in [-0.2, 0) is 9.59 Å². The van der Waals surface area contributed by atoms with Gasteiger partial charge in [-0.1, -0.05) is 32.9 Å². The second-order valence-corrected chi connectivity index (χ2v) is 15.0. The number of rotatable bonds is 8. The van der Waals surface area contributed by atoms with Crippen LogP contribution in [-0.4, -0.2) is 87.2 Å². The normalized spacial score (nSPS) is 23.1. The Morgan fingerprint density at radius 2 is 1.91 bits per heavy atom. The number of para-hydroxylation sites is 1. The van der Waals surface area contributed by atoms with Crippen LogP contribution in [0.4, 0.5) is 10.1 Å². The van der Waals surface area contributed by atoms with Crippen molar-refractivity contribution in [3.63, 3.8) is 0 Å². The van der Waals surface area contributed by atoms with Gasteiger partial charge in [0.05, 0.1) is 16.5 Å². The summed E-state index contributed by atoms with van der Waals surface area (Å²) in [6, 6.07) is 9.12. The SMILES string of the molecule is CNC1CCN(c2c(F)cccc2[C@H]2S[C@@H](CC(=O)N3CCC(n4c(=O)[nH]c5ncccc54)CC3)C(=O)N2CCC(C)(C)C)C1.[HH]. The molecule has 2 aromatic heterocycles. The summed E-state index contributed by atoms with van der Waals surface area (Å²) in [6.45, 7) is 9.47. The number of piperidine rings is 1. The molecule has 1 aromatic carbocycles. The molecule has 3 aromatic rings. The van der Waals surface area contributed by atoms with Gasteiger partial charge in [0.2, 0.25) is 11.8 Å². The van der Waals surface area contributed by atoms with E-state index in [4.69, 9.17) is 0 Å². The molecule has 0 aliphatic carbocycles. The van der Waals surface area contributed by atoms with Crippen molar-refractivity contribution in [3.8, 4) is 0 Å². The average molecular weight is 640 g/mol. The van der Waals surface area contributed by atoms with E-state index in [1.165, 1.54) is 17.8 Å². The molecular weight excluding hydrogens is 593 g/mol. The number of amides is 2. The number of imidazole rings is 1. The number of thioether (sulfide) groups is 1. The number of carbonyl (C=O) groups excluding carboxylic acids is 2. The molecule has 0 bridgehead atoms. The third-order valence-electron chi connectivity index (χ3n) is 9.47. The average Bonchev–Trinajstić information content (AvgIpc) is 3.70. The van der Waals surface area contributed by atoms with Crippen LogP contribution >= 0.6 is 11.8 Å². The van der Waals surface area contributed by atoms with Gasteiger partial charge in [-0.15, -0.1) is 11.8 Å².